The third-order valence-corrected chi connectivity index (χ3v) is 4.13. The molecule has 0 bridgehead atoms. The van der Waals surface area contributed by atoms with Gasteiger partial charge in [-0.3, -0.25) is 4.55 Å². The lowest BCUT2D eigenvalue weighted by molar-refractivity contribution is 0.483. The molecule has 0 spiro atoms. The monoisotopic (exact) mass is 326 g/mol. The van der Waals surface area contributed by atoms with Gasteiger partial charge in [-0.15, -0.1) is 0 Å². The second-order valence-electron chi connectivity index (χ2n) is 3.76. The zero-order chi connectivity index (χ0) is 13.2. The van der Waals surface area contributed by atoms with E-state index >= 15 is 0 Å². The molecule has 0 heterocycles. The van der Waals surface area contributed by atoms with Crippen LogP contribution >= 0.6 is 15.9 Å². The van der Waals surface area contributed by atoms with Crippen molar-refractivity contribution in [2.75, 3.05) is 0 Å². The van der Waals surface area contributed by atoms with Crippen molar-refractivity contribution in [3.63, 3.8) is 0 Å². The Labute approximate surface area is 114 Å². The highest BCUT2D eigenvalue weighted by Crippen LogP contribution is 2.30. The molecule has 0 aromatic heterocycles. The fraction of sp³-hybridized carbons (Fsp3) is 0.0769. The van der Waals surface area contributed by atoms with Gasteiger partial charge in [0.2, 0.25) is 0 Å². The average Bonchev–Trinajstić information content (AvgIpc) is 2.37. The number of hydrogen-bond acceptors (Lipinski definition) is 2. The van der Waals surface area contributed by atoms with Crippen molar-refractivity contribution in [1.82, 2.24) is 0 Å². The molecule has 0 aliphatic carbocycles. The molecule has 0 atom stereocenters. The number of alkyl halides is 1. The van der Waals surface area contributed by atoms with E-state index in [0.717, 1.165) is 11.1 Å². The SMILES string of the molecule is O=S(=O)(O)c1ccccc1-c1ccccc1CBr. The van der Waals surface area contributed by atoms with Crippen molar-refractivity contribution in [3.8, 4) is 11.1 Å². The normalized spacial score (nSPS) is 11.4. The Kier molecular flexibility index (Phi) is 3.85. The molecule has 0 aliphatic rings. The highest BCUT2D eigenvalue weighted by molar-refractivity contribution is 9.08. The minimum absolute atomic E-state index is 0.0709. The van der Waals surface area contributed by atoms with Crippen LogP contribution in [0.4, 0.5) is 0 Å². The smallest absolute Gasteiger partial charge is 0.282 e. The summed E-state index contributed by atoms with van der Waals surface area (Å²) < 4.78 is 32.0. The van der Waals surface area contributed by atoms with E-state index in [2.05, 4.69) is 15.9 Å². The number of halogens is 1. The van der Waals surface area contributed by atoms with E-state index in [1.165, 1.54) is 6.07 Å². The van der Waals surface area contributed by atoms with Gasteiger partial charge >= 0.3 is 0 Å². The van der Waals surface area contributed by atoms with Crippen LogP contribution in [0.2, 0.25) is 0 Å². The molecule has 2 aromatic carbocycles. The lowest BCUT2D eigenvalue weighted by Crippen LogP contribution is -2.01. The maximum absolute atomic E-state index is 11.4. The van der Waals surface area contributed by atoms with Crippen LogP contribution < -0.4 is 0 Å². The first kappa shape index (κ1) is 13.3. The van der Waals surface area contributed by atoms with Gasteiger partial charge in [-0.25, -0.2) is 0 Å². The van der Waals surface area contributed by atoms with Gasteiger partial charge in [-0.2, -0.15) is 8.42 Å². The van der Waals surface area contributed by atoms with Crippen molar-refractivity contribution >= 4 is 26.0 Å². The molecule has 1 N–H and O–H groups in total. The molecule has 0 amide bonds. The quantitative estimate of drug-likeness (QED) is 0.693. The topological polar surface area (TPSA) is 54.4 Å². The minimum atomic E-state index is -4.22. The summed E-state index contributed by atoms with van der Waals surface area (Å²) in [4.78, 5) is -0.0709. The van der Waals surface area contributed by atoms with Crippen LogP contribution in [-0.2, 0) is 15.4 Å². The van der Waals surface area contributed by atoms with Gasteiger partial charge in [-0.1, -0.05) is 58.4 Å². The summed E-state index contributed by atoms with van der Waals surface area (Å²) in [6.07, 6.45) is 0. The molecule has 5 heteroatoms. The Hall–Kier alpha value is -1.17. The molecule has 0 unspecified atom stereocenters. The Balaban J connectivity index is 2.72. The molecule has 0 saturated carbocycles. The number of rotatable bonds is 3. The molecule has 18 heavy (non-hydrogen) atoms. The maximum atomic E-state index is 11.4. The highest BCUT2D eigenvalue weighted by atomic mass is 79.9. The fourth-order valence-corrected chi connectivity index (χ4v) is 3.01. The van der Waals surface area contributed by atoms with Gasteiger partial charge in [0.05, 0.1) is 0 Å². The van der Waals surface area contributed by atoms with Crippen LogP contribution in [0.3, 0.4) is 0 Å². The summed E-state index contributed by atoms with van der Waals surface area (Å²) >= 11 is 3.37. The van der Waals surface area contributed by atoms with Gasteiger partial charge in [0, 0.05) is 10.9 Å². The standard InChI is InChI=1S/C13H11BrO3S/c14-9-10-5-1-2-6-11(10)12-7-3-4-8-13(12)18(15,16)17/h1-8H,9H2,(H,15,16,17). The first-order valence-corrected chi connectivity index (χ1v) is 7.81. The maximum Gasteiger partial charge on any atom is 0.295 e. The average molecular weight is 327 g/mol. The predicted molar refractivity (Wildman–Crippen MR) is 74.3 cm³/mol. The van der Waals surface area contributed by atoms with Crippen LogP contribution in [0.1, 0.15) is 5.56 Å². The number of benzene rings is 2. The Morgan fingerprint density at radius 3 is 2.11 bits per heavy atom. The molecule has 0 saturated heterocycles. The first-order chi connectivity index (χ1) is 8.54. The summed E-state index contributed by atoms with van der Waals surface area (Å²) in [5, 5.41) is 0.614. The van der Waals surface area contributed by atoms with Crippen molar-refractivity contribution in [2.24, 2.45) is 0 Å². The van der Waals surface area contributed by atoms with E-state index < -0.39 is 10.1 Å². The van der Waals surface area contributed by atoms with Crippen LogP contribution in [0.15, 0.2) is 53.4 Å². The predicted octanol–water partition coefficient (Wildman–Crippen LogP) is 3.50. The summed E-state index contributed by atoms with van der Waals surface area (Å²) in [6, 6.07) is 13.9. The summed E-state index contributed by atoms with van der Waals surface area (Å²) in [7, 11) is -4.22. The molecule has 0 aliphatic heterocycles. The Bertz CT molecular complexity index is 665. The first-order valence-electron chi connectivity index (χ1n) is 5.25. The highest BCUT2D eigenvalue weighted by Gasteiger charge is 2.17. The van der Waals surface area contributed by atoms with Crippen molar-refractivity contribution in [2.45, 2.75) is 10.2 Å². The van der Waals surface area contributed by atoms with Crippen LogP contribution in [0.5, 0.6) is 0 Å². The molecule has 2 aromatic rings. The molecular formula is C13H11BrO3S. The van der Waals surface area contributed by atoms with E-state index in [1.54, 1.807) is 18.2 Å². The van der Waals surface area contributed by atoms with Crippen molar-refractivity contribution in [1.29, 1.82) is 0 Å². The molecule has 94 valence electrons. The third kappa shape index (κ3) is 2.63. The second kappa shape index (κ2) is 5.22. The molecule has 2 rings (SSSR count). The Morgan fingerprint density at radius 2 is 1.50 bits per heavy atom. The lowest BCUT2D eigenvalue weighted by Gasteiger charge is -2.10. The largest absolute Gasteiger partial charge is 0.295 e. The zero-order valence-electron chi connectivity index (χ0n) is 9.38. The molecule has 0 fully saturated rings. The summed E-state index contributed by atoms with van der Waals surface area (Å²) in [5.74, 6) is 0. The van der Waals surface area contributed by atoms with Gasteiger partial charge in [-0.05, 0) is 17.2 Å². The Morgan fingerprint density at radius 1 is 0.944 bits per heavy atom. The lowest BCUT2D eigenvalue weighted by atomic mass is 10.0. The zero-order valence-corrected chi connectivity index (χ0v) is 11.8. The van der Waals surface area contributed by atoms with Crippen molar-refractivity contribution in [3.05, 3.63) is 54.1 Å². The molecule has 3 nitrogen and oxygen atoms in total. The molecule has 0 radical (unpaired) electrons. The second-order valence-corrected chi connectivity index (χ2v) is 5.71. The van der Waals surface area contributed by atoms with E-state index in [-0.39, 0.29) is 4.90 Å². The molecular weight excluding hydrogens is 316 g/mol. The van der Waals surface area contributed by atoms with Crippen LogP contribution in [0, 0.1) is 0 Å². The summed E-state index contributed by atoms with van der Waals surface area (Å²) in [6.45, 7) is 0. The van der Waals surface area contributed by atoms with Crippen LogP contribution in [-0.4, -0.2) is 13.0 Å². The minimum Gasteiger partial charge on any atom is -0.282 e. The van der Waals surface area contributed by atoms with Gasteiger partial charge in [0.15, 0.2) is 0 Å². The van der Waals surface area contributed by atoms with Gasteiger partial charge in [0.25, 0.3) is 10.1 Å². The van der Waals surface area contributed by atoms with Crippen LogP contribution in [0.25, 0.3) is 11.1 Å². The van der Waals surface area contributed by atoms with E-state index in [0.29, 0.717) is 10.9 Å². The fourth-order valence-electron chi connectivity index (χ4n) is 1.81. The summed E-state index contributed by atoms with van der Waals surface area (Å²) in [5.41, 5.74) is 2.27. The van der Waals surface area contributed by atoms with Gasteiger partial charge in [0.1, 0.15) is 4.90 Å². The van der Waals surface area contributed by atoms with E-state index in [4.69, 9.17) is 0 Å². The van der Waals surface area contributed by atoms with Crippen molar-refractivity contribution < 1.29 is 13.0 Å². The van der Waals surface area contributed by atoms with E-state index in [1.807, 2.05) is 24.3 Å². The third-order valence-electron chi connectivity index (χ3n) is 2.62. The van der Waals surface area contributed by atoms with E-state index in [9.17, 15) is 13.0 Å². The number of hydrogen-bond donors (Lipinski definition) is 1. The van der Waals surface area contributed by atoms with Gasteiger partial charge < -0.3 is 0 Å².